The summed E-state index contributed by atoms with van der Waals surface area (Å²) in [6, 6.07) is 8.13. The summed E-state index contributed by atoms with van der Waals surface area (Å²) in [6.45, 7) is 2.18. The van der Waals surface area contributed by atoms with Gasteiger partial charge in [0.25, 0.3) is 0 Å². The van der Waals surface area contributed by atoms with Gasteiger partial charge in [0.2, 0.25) is 0 Å². The highest BCUT2D eigenvalue weighted by Gasteiger charge is 1.91. The molecule has 0 bridgehead atoms. The molecule has 0 unspecified atom stereocenters. The molecule has 1 heteroatoms. The van der Waals surface area contributed by atoms with E-state index in [-0.39, 0.29) is 0 Å². The largest absolute Gasteiger partial charge is 0.126 e. The van der Waals surface area contributed by atoms with Crippen LogP contribution in [-0.4, -0.2) is 5.75 Å². The van der Waals surface area contributed by atoms with Gasteiger partial charge in [-0.2, -0.15) is 0 Å². The molecule has 0 saturated carbocycles. The lowest BCUT2D eigenvalue weighted by Gasteiger charge is -1.98. The third-order valence-corrected chi connectivity index (χ3v) is 2.71. The molecule has 0 spiro atoms. The van der Waals surface area contributed by atoms with E-state index in [1.54, 1.807) is 0 Å². The van der Waals surface area contributed by atoms with Gasteiger partial charge in [0.15, 0.2) is 0 Å². The molecule has 0 radical (unpaired) electrons. The molecule has 1 aromatic rings. The van der Waals surface area contributed by atoms with Gasteiger partial charge in [0, 0.05) is 10.5 Å². The second-order valence-electron chi connectivity index (χ2n) is 2.52. The SMILES string of the molecule is C#Cc1ccc(SCCC)cc1. The zero-order chi connectivity index (χ0) is 8.81. The molecule has 0 aromatic heterocycles. The Balaban J connectivity index is 2.60. The first kappa shape index (κ1) is 9.22. The van der Waals surface area contributed by atoms with Crippen LogP contribution >= 0.6 is 11.8 Å². The van der Waals surface area contributed by atoms with Crippen LogP contribution in [0.1, 0.15) is 18.9 Å². The standard InChI is InChI=1S/C11H12S/c1-3-9-12-11-7-5-10(4-2)6-8-11/h2,5-8H,3,9H2,1H3. The van der Waals surface area contributed by atoms with Crippen molar-refractivity contribution >= 4 is 11.8 Å². The molecule has 0 saturated heterocycles. The van der Waals surface area contributed by atoms with Crippen LogP contribution in [0.3, 0.4) is 0 Å². The summed E-state index contributed by atoms with van der Waals surface area (Å²) in [5.74, 6) is 3.78. The van der Waals surface area contributed by atoms with Crippen molar-refractivity contribution in [3.05, 3.63) is 29.8 Å². The Morgan fingerprint density at radius 2 is 2.00 bits per heavy atom. The van der Waals surface area contributed by atoms with Crippen molar-refractivity contribution in [3.63, 3.8) is 0 Å². The predicted octanol–water partition coefficient (Wildman–Crippen LogP) is 3.17. The smallest absolute Gasteiger partial charge is 0.0243 e. The van der Waals surface area contributed by atoms with E-state index in [9.17, 15) is 0 Å². The van der Waals surface area contributed by atoms with Crippen molar-refractivity contribution in [2.45, 2.75) is 18.2 Å². The molecule has 0 heterocycles. The van der Waals surface area contributed by atoms with Crippen LogP contribution in [0.25, 0.3) is 0 Å². The van der Waals surface area contributed by atoms with E-state index in [0.29, 0.717) is 0 Å². The van der Waals surface area contributed by atoms with Gasteiger partial charge in [-0.15, -0.1) is 18.2 Å². The molecule has 0 aliphatic carbocycles. The Morgan fingerprint density at radius 3 is 2.50 bits per heavy atom. The maximum atomic E-state index is 5.24. The number of rotatable bonds is 3. The Labute approximate surface area is 78.4 Å². The second-order valence-corrected chi connectivity index (χ2v) is 3.69. The first-order valence-corrected chi connectivity index (χ1v) is 5.05. The average molecular weight is 176 g/mol. The molecule has 0 N–H and O–H groups in total. The quantitative estimate of drug-likeness (QED) is 0.503. The molecule has 0 aliphatic heterocycles. The van der Waals surface area contributed by atoms with Gasteiger partial charge in [-0.3, -0.25) is 0 Å². The molecule has 0 aliphatic rings. The number of benzene rings is 1. The molecular formula is C11H12S. The minimum absolute atomic E-state index is 0.954. The van der Waals surface area contributed by atoms with Crippen LogP contribution < -0.4 is 0 Å². The molecule has 0 amide bonds. The molecular weight excluding hydrogens is 164 g/mol. The Morgan fingerprint density at radius 1 is 1.33 bits per heavy atom. The summed E-state index contributed by atoms with van der Waals surface area (Å²) in [5.41, 5.74) is 0.954. The van der Waals surface area contributed by atoms with Crippen molar-refractivity contribution in [1.29, 1.82) is 0 Å². The van der Waals surface area contributed by atoms with E-state index in [4.69, 9.17) is 6.42 Å². The van der Waals surface area contributed by atoms with Gasteiger partial charge < -0.3 is 0 Å². The Kier molecular flexibility index (Phi) is 3.76. The summed E-state index contributed by atoms with van der Waals surface area (Å²) < 4.78 is 0. The minimum Gasteiger partial charge on any atom is -0.126 e. The van der Waals surface area contributed by atoms with Gasteiger partial charge in [0.05, 0.1) is 0 Å². The van der Waals surface area contributed by atoms with Crippen molar-refractivity contribution < 1.29 is 0 Å². The van der Waals surface area contributed by atoms with Gasteiger partial charge >= 0.3 is 0 Å². The zero-order valence-electron chi connectivity index (χ0n) is 7.21. The zero-order valence-corrected chi connectivity index (χ0v) is 8.03. The van der Waals surface area contributed by atoms with E-state index >= 15 is 0 Å². The highest BCUT2D eigenvalue weighted by molar-refractivity contribution is 7.99. The molecule has 12 heavy (non-hydrogen) atoms. The van der Waals surface area contributed by atoms with Crippen LogP contribution in [0.15, 0.2) is 29.2 Å². The van der Waals surface area contributed by atoms with Crippen LogP contribution in [0, 0.1) is 12.3 Å². The molecule has 62 valence electrons. The molecule has 1 rings (SSSR count). The van der Waals surface area contributed by atoms with E-state index in [1.807, 2.05) is 23.9 Å². The molecule has 0 atom stereocenters. The fraction of sp³-hybridized carbons (Fsp3) is 0.273. The monoisotopic (exact) mass is 176 g/mol. The van der Waals surface area contributed by atoms with Crippen molar-refractivity contribution in [2.24, 2.45) is 0 Å². The second kappa shape index (κ2) is 4.90. The van der Waals surface area contributed by atoms with Gasteiger partial charge in [-0.1, -0.05) is 12.8 Å². The van der Waals surface area contributed by atoms with Crippen LogP contribution in [-0.2, 0) is 0 Å². The highest BCUT2D eigenvalue weighted by atomic mass is 32.2. The summed E-state index contributed by atoms with van der Waals surface area (Å²) in [6.07, 6.45) is 6.45. The van der Waals surface area contributed by atoms with Gasteiger partial charge in [0.1, 0.15) is 0 Å². The van der Waals surface area contributed by atoms with Crippen molar-refractivity contribution in [3.8, 4) is 12.3 Å². The minimum atomic E-state index is 0.954. The van der Waals surface area contributed by atoms with Gasteiger partial charge in [-0.25, -0.2) is 0 Å². The average Bonchev–Trinajstić information content (AvgIpc) is 2.15. The van der Waals surface area contributed by atoms with Crippen LogP contribution in [0.2, 0.25) is 0 Å². The van der Waals surface area contributed by atoms with Crippen LogP contribution in [0.4, 0.5) is 0 Å². The summed E-state index contributed by atoms with van der Waals surface area (Å²) in [5, 5.41) is 0. The number of hydrogen-bond acceptors (Lipinski definition) is 1. The Hall–Kier alpha value is -0.870. The van der Waals surface area contributed by atoms with Crippen LogP contribution in [0.5, 0.6) is 0 Å². The van der Waals surface area contributed by atoms with E-state index in [1.165, 1.54) is 17.1 Å². The topological polar surface area (TPSA) is 0 Å². The highest BCUT2D eigenvalue weighted by Crippen LogP contribution is 2.18. The first-order valence-electron chi connectivity index (χ1n) is 4.06. The number of thioether (sulfide) groups is 1. The van der Waals surface area contributed by atoms with E-state index in [2.05, 4.69) is 25.0 Å². The molecule has 0 nitrogen and oxygen atoms in total. The third kappa shape index (κ3) is 2.64. The first-order chi connectivity index (χ1) is 5.86. The lowest BCUT2D eigenvalue weighted by molar-refractivity contribution is 1.10. The normalized spacial score (nSPS) is 9.33. The Bertz CT molecular complexity index is 266. The molecule has 1 aromatic carbocycles. The third-order valence-electron chi connectivity index (χ3n) is 1.49. The fourth-order valence-corrected chi connectivity index (χ4v) is 1.64. The summed E-state index contributed by atoms with van der Waals surface area (Å²) >= 11 is 1.87. The molecule has 0 fully saturated rings. The van der Waals surface area contributed by atoms with E-state index < -0.39 is 0 Å². The lowest BCUT2D eigenvalue weighted by Crippen LogP contribution is -1.77. The number of hydrogen-bond donors (Lipinski definition) is 0. The maximum Gasteiger partial charge on any atom is 0.0243 e. The van der Waals surface area contributed by atoms with E-state index in [0.717, 1.165) is 5.56 Å². The maximum absolute atomic E-state index is 5.24. The summed E-state index contributed by atoms with van der Waals surface area (Å²) in [4.78, 5) is 1.30. The van der Waals surface area contributed by atoms with Crippen molar-refractivity contribution in [2.75, 3.05) is 5.75 Å². The predicted molar refractivity (Wildman–Crippen MR) is 55.4 cm³/mol. The summed E-state index contributed by atoms with van der Waals surface area (Å²) in [7, 11) is 0. The van der Waals surface area contributed by atoms with Gasteiger partial charge in [-0.05, 0) is 36.4 Å². The van der Waals surface area contributed by atoms with Crippen molar-refractivity contribution in [1.82, 2.24) is 0 Å². The lowest BCUT2D eigenvalue weighted by atomic mass is 10.2. The number of terminal acetylenes is 1. The fourth-order valence-electron chi connectivity index (χ4n) is 0.867.